The van der Waals surface area contributed by atoms with Crippen LogP contribution < -0.4 is 5.32 Å². The van der Waals surface area contributed by atoms with E-state index in [-0.39, 0.29) is 0 Å². The Morgan fingerprint density at radius 2 is 2.08 bits per heavy atom. The van der Waals surface area contributed by atoms with Crippen molar-refractivity contribution in [1.82, 2.24) is 5.32 Å². The van der Waals surface area contributed by atoms with Crippen molar-refractivity contribution in [3.05, 3.63) is 12.2 Å². The molecule has 1 nitrogen and oxygen atoms in total. The Hall–Kier alpha value is -0.300. The fraction of sp³-hybridized carbons (Fsp3) is 0.833. The molecule has 1 aliphatic rings. The van der Waals surface area contributed by atoms with Gasteiger partial charge in [0.25, 0.3) is 0 Å². The van der Waals surface area contributed by atoms with Crippen molar-refractivity contribution in [2.75, 3.05) is 6.54 Å². The molecular formula is C12H23N. The highest BCUT2D eigenvalue weighted by atomic mass is 14.9. The number of nitrogens with one attached hydrogen (secondary N) is 1. The lowest BCUT2D eigenvalue weighted by atomic mass is 9.99. The third-order valence-electron chi connectivity index (χ3n) is 3.28. The fourth-order valence-electron chi connectivity index (χ4n) is 2.05. The molecule has 1 fully saturated rings. The maximum Gasteiger partial charge on any atom is 0.0164 e. The topological polar surface area (TPSA) is 12.0 Å². The fourth-order valence-corrected chi connectivity index (χ4v) is 2.05. The first kappa shape index (κ1) is 10.8. The third-order valence-corrected chi connectivity index (χ3v) is 3.28. The molecule has 0 aromatic heterocycles. The molecule has 0 heterocycles. The average Bonchev–Trinajstić information content (AvgIpc) is 2.66. The molecule has 1 N–H and O–H groups in total. The molecule has 0 spiro atoms. The van der Waals surface area contributed by atoms with E-state index in [1.807, 2.05) is 0 Å². The van der Waals surface area contributed by atoms with Crippen LogP contribution in [0.5, 0.6) is 0 Å². The van der Waals surface area contributed by atoms with Crippen LogP contribution in [0.15, 0.2) is 12.2 Å². The van der Waals surface area contributed by atoms with Crippen LogP contribution in [-0.2, 0) is 0 Å². The van der Waals surface area contributed by atoms with Gasteiger partial charge in [-0.15, -0.1) is 0 Å². The molecule has 0 saturated heterocycles. The molecule has 76 valence electrons. The van der Waals surface area contributed by atoms with Gasteiger partial charge in [-0.25, -0.2) is 0 Å². The van der Waals surface area contributed by atoms with Gasteiger partial charge in [0.2, 0.25) is 0 Å². The molecule has 1 heteroatoms. The Morgan fingerprint density at radius 3 is 2.62 bits per heavy atom. The largest absolute Gasteiger partial charge is 0.310 e. The van der Waals surface area contributed by atoms with Gasteiger partial charge in [0, 0.05) is 12.6 Å². The molecule has 0 aromatic carbocycles. The van der Waals surface area contributed by atoms with Gasteiger partial charge in [-0.05, 0) is 32.1 Å². The van der Waals surface area contributed by atoms with Crippen LogP contribution in [0.1, 0.15) is 46.0 Å². The molecule has 1 rings (SSSR count). The summed E-state index contributed by atoms with van der Waals surface area (Å²) in [7, 11) is 0. The minimum absolute atomic E-state index is 0.686. The minimum atomic E-state index is 0.686. The van der Waals surface area contributed by atoms with Gasteiger partial charge in [-0.2, -0.15) is 0 Å². The lowest BCUT2D eigenvalue weighted by molar-refractivity contribution is 0.391. The zero-order chi connectivity index (χ0) is 9.68. The highest BCUT2D eigenvalue weighted by Crippen LogP contribution is 2.27. The zero-order valence-electron chi connectivity index (χ0n) is 9.10. The number of rotatable bonds is 5. The Bertz CT molecular complexity index is 157. The lowest BCUT2D eigenvalue weighted by Gasteiger charge is -2.20. The molecule has 0 bridgehead atoms. The monoisotopic (exact) mass is 181 g/mol. The molecule has 0 radical (unpaired) electrons. The summed E-state index contributed by atoms with van der Waals surface area (Å²) in [5.74, 6) is 0.921. The van der Waals surface area contributed by atoms with Gasteiger partial charge in [0.1, 0.15) is 0 Å². The van der Waals surface area contributed by atoms with Crippen LogP contribution in [0.4, 0.5) is 0 Å². The van der Waals surface area contributed by atoms with Gasteiger partial charge in [-0.3, -0.25) is 0 Å². The van der Waals surface area contributed by atoms with Gasteiger partial charge < -0.3 is 5.32 Å². The van der Waals surface area contributed by atoms with Crippen molar-refractivity contribution < 1.29 is 0 Å². The van der Waals surface area contributed by atoms with E-state index < -0.39 is 0 Å². The molecule has 1 aliphatic carbocycles. The average molecular weight is 181 g/mol. The van der Waals surface area contributed by atoms with Crippen LogP contribution in [0.2, 0.25) is 0 Å². The van der Waals surface area contributed by atoms with E-state index in [1.54, 1.807) is 0 Å². The summed E-state index contributed by atoms with van der Waals surface area (Å²) in [5.41, 5.74) is 1.32. The van der Waals surface area contributed by atoms with Crippen LogP contribution in [0.25, 0.3) is 0 Å². The van der Waals surface area contributed by atoms with Gasteiger partial charge in [-0.1, -0.05) is 31.9 Å². The zero-order valence-corrected chi connectivity index (χ0v) is 9.10. The van der Waals surface area contributed by atoms with Crippen molar-refractivity contribution in [3.63, 3.8) is 0 Å². The highest BCUT2D eigenvalue weighted by molar-refractivity contribution is 4.96. The van der Waals surface area contributed by atoms with Crippen molar-refractivity contribution >= 4 is 0 Å². The summed E-state index contributed by atoms with van der Waals surface area (Å²) >= 11 is 0. The summed E-state index contributed by atoms with van der Waals surface area (Å²) in [5, 5.41) is 3.58. The van der Waals surface area contributed by atoms with E-state index in [9.17, 15) is 0 Å². The van der Waals surface area contributed by atoms with E-state index in [0.717, 1.165) is 18.9 Å². The van der Waals surface area contributed by atoms with Gasteiger partial charge in [0.15, 0.2) is 0 Å². The van der Waals surface area contributed by atoms with Crippen molar-refractivity contribution in [2.45, 2.75) is 52.0 Å². The van der Waals surface area contributed by atoms with E-state index in [1.165, 1.54) is 31.3 Å². The van der Waals surface area contributed by atoms with Crippen LogP contribution in [0, 0.1) is 5.92 Å². The smallest absolute Gasteiger partial charge is 0.0164 e. The second kappa shape index (κ2) is 5.43. The predicted molar refractivity (Wildman–Crippen MR) is 58.9 cm³/mol. The van der Waals surface area contributed by atoms with Crippen molar-refractivity contribution in [3.8, 4) is 0 Å². The number of hydrogen-bond donors (Lipinski definition) is 1. The van der Waals surface area contributed by atoms with E-state index in [2.05, 4.69) is 25.7 Å². The predicted octanol–water partition coefficient (Wildman–Crippen LogP) is 3.12. The first-order chi connectivity index (χ1) is 6.24. The Kier molecular flexibility index (Phi) is 4.51. The first-order valence-electron chi connectivity index (χ1n) is 5.64. The Balaban J connectivity index is 2.16. The summed E-state index contributed by atoms with van der Waals surface area (Å²) in [6, 6.07) is 0.686. The molecule has 1 atom stereocenters. The van der Waals surface area contributed by atoms with Gasteiger partial charge >= 0.3 is 0 Å². The summed E-state index contributed by atoms with van der Waals surface area (Å²) in [6.07, 6.45) is 6.82. The van der Waals surface area contributed by atoms with E-state index >= 15 is 0 Å². The van der Waals surface area contributed by atoms with Crippen LogP contribution >= 0.6 is 0 Å². The Labute approximate surface area is 82.6 Å². The second-order valence-electron chi connectivity index (χ2n) is 4.32. The molecule has 0 aliphatic heterocycles. The summed E-state index contributed by atoms with van der Waals surface area (Å²) in [6.45, 7) is 9.51. The maximum atomic E-state index is 4.01. The molecule has 0 unspecified atom stereocenters. The van der Waals surface area contributed by atoms with Crippen LogP contribution in [0.3, 0.4) is 0 Å². The van der Waals surface area contributed by atoms with Crippen molar-refractivity contribution in [2.24, 2.45) is 5.92 Å². The summed E-state index contributed by atoms with van der Waals surface area (Å²) < 4.78 is 0. The molecule has 0 amide bonds. The van der Waals surface area contributed by atoms with Crippen LogP contribution in [-0.4, -0.2) is 12.6 Å². The molecule has 1 saturated carbocycles. The van der Waals surface area contributed by atoms with E-state index in [0.29, 0.717) is 6.04 Å². The van der Waals surface area contributed by atoms with Crippen molar-refractivity contribution in [1.29, 1.82) is 0 Å². The Morgan fingerprint density at radius 1 is 1.46 bits per heavy atom. The molecule has 13 heavy (non-hydrogen) atoms. The normalized spacial score (nSPS) is 20.5. The third kappa shape index (κ3) is 3.51. The highest BCUT2D eigenvalue weighted by Gasteiger charge is 2.20. The quantitative estimate of drug-likeness (QED) is 0.643. The summed E-state index contributed by atoms with van der Waals surface area (Å²) in [4.78, 5) is 0. The standard InChI is InChI=1S/C12H23N/c1-4-10(2)9-13-11(3)12-7-5-6-8-12/h11-13H,2,4-9H2,1,3H3/t11-/m1/s1. The molecule has 0 aromatic rings. The SMILES string of the molecule is C=C(CC)CN[C@H](C)C1CCCC1. The van der Waals surface area contributed by atoms with E-state index in [4.69, 9.17) is 0 Å². The lowest BCUT2D eigenvalue weighted by Crippen LogP contribution is -2.33. The first-order valence-corrected chi connectivity index (χ1v) is 5.64. The maximum absolute atomic E-state index is 4.01. The minimum Gasteiger partial charge on any atom is -0.310 e. The number of hydrogen-bond acceptors (Lipinski definition) is 1. The second-order valence-corrected chi connectivity index (χ2v) is 4.32. The molecular weight excluding hydrogens is 158 g/mol. The van der Waals surface area contributed by atoms with Gasteiger partial charge in [0.05, 0.1) is 0 Å².